The van der Waals surface area contributed by atoms with Crippen molar-refractivity contribution in [3.63, 3.8) is 0 Å². The molecule has 2 unspecified atom stereocenters. The average Bonchev–Trinajstić information content (AvgIpc) is 2.27. The van der Waals surface area contributed by atoms with Gasteiger partial charge in [-0.1, -0.05) is 6.92 Å². The maximum absolute atomic E-state index is 11.9. The molecule has 6 nitrogen and oxygen atoms in total. The number of carbonyl (C=O) groups excluding carboxylic acids is 1. The van der Waals surface area contributed by atoms with Gasteiger partial charge in [0.1, 0.15) is 0 Å². The molecule has 0 bridgehead atoms. The standard InChI is InChI=1S/C12H23N3O3/c1-4-14-5-6-15(8-10(14)3)12(18)13-9(2)7-11(16)17/h9-10H,4-8H2,1-3H3,(H,13,18)(H,16,17). The van der Waals surface area contributed by atoms with Crippen molar-refractivity contribution in [2.45, 2.75) is 39.3 Å². The number of carbonyl (C=O) groups is 2. The van der Waals surface area contributed by atoms with E-state index < -0.39 is 5.97 Å². The molecule has 0 radical (unpaired) electrons. The molecule has 0 saturated carbocycles. The van der Waals surface area contributed by atoms with E-state index in [9.17, 15) is 9.59 Å². The number of nitrogens with zero attached hydrogens (tertiary/aromatic N) is 2. The summed E-state index contributed by atoms with van der Waals surface area (Å²) in [6, 6.07) is -0.148. The maximum atomic E-state index is 11.9. The van der Waals surface area contributed by atoms with Crippen LogP contribution in [0.1, 0.15) is 27.2 Å². The molecule has 1 aliphatic heterocycles. The van der Waals surface area contributed by atoms with E-state index in [2.05, 4.69) is 24.1 Å². The van der Waals surface area contributed by atoms with E-state index in [-0.39, 0.29) is 18.5 Å². The zero-order valence-corrected chi connectivity index (χ0v) is 11.3. The molecule has 0 aromatic heterocycles. The van der Waals surface area contributed by atoms with Crippen LogP contribution in [0.15, 0.2) is 0 Å². The molecule has 104 valence electrons. The van der Waals surface area contributed by atoms with Gasteiger partial charge in [-0.05, 0) is 20.4 Å². The summed E-state index contributed by atoms with van der Waals surface area (Å²) in [4.78, 5) is 26.5. The number of carboxylic acids is 1. The molecule has 2 N–H and O–H groups in total. The minimum absolute atomic E-state index is 0.0454. The number of piperazine rings is 1. The zero-order chi connectivity index (χ0) is 13.7. The van der Waals surface area contributed by atoms with Crippen molar-refractivity contribution in [2.75, 3.05) is 26.2 Å². The smallest absolute Gasteiger partial charge is 0.317 e. The molecule has 0 spiro atoms. The monoisotopic (exact) mass is 257 g/mol. The molecule has 0 aromatic carbocycles. The molecule has 1 saturated heterocycles. The van der Waals surface area contributed by atoms with Gasteiger partial charge in [0, 0.05) is 31.7 Å². The summed E-state index contributed by atoms with van der Waals surface area (Å²) in [7, 11) is 0. The van der Waals surface area contributed by atoms with Crippen LogP contribution in [-0.4, -0.2) is 65.2 Å². The lowest BCUT2D eigenvalue weighted by Gasteiger charge is -2.39. The van der Waals surface area contributed by atoms with Crippen LogP contribution in [0.5, 0.6) is 0 Å². The summed E-state index contributed by atoms with van der Waals surface area (Å²) < 4.78 is 0. The zero-order valence-electron chi connectivity index (χ0n) is 11.3. The largest absolute Gasteiger partial charge is 0.481 e. The van der Waals surface area contributed by atoms with Crippen LogP contribution < -0.4 is 5.32 Å². The third-order valence-electron chi connectivity index (χ3n) is 3.31. The van der Waals surface area contributed by atoms with Gasteiger partial charge in [0.05, 0.1) is 6.42 Å². The SMILES string of the molecule is CCN1CCN(C(=O)NC(C)CC(=O)O)CC1C. The second-order valence-corrected chi connectivity index (χ2v) is 4.87. The molecule has 1 aliphatic rings. The Labute approximate surface area is 108 Å². The summed E-state index contributed by atoms with van der Waals surface area (Å²) in [6.45, 7) is 9.18. The minimum Gasteiger partial charge on any atom is -0.481 e. The Morgan fingerprint density at radius 1 is 1.44 bits per heavy atom. The molecule has 0 aromatic rings. The molecule has 1 heterocycles. The molecular formula is C12H23N3O3. The highest BCUT2D eigenvalue weighted by atomic mass is 16.4. The number of hydrogen-bond donors (Lipinski definition) is 2. The highest BCUT2D eigenvalue weighted by Gasteiger charge is 2.26. The normalized spacial score (nSPS) is 22.6. The van der Waals surface area contributed by atoms with Crippen molar-refractivity contribution >= 4 is 12.0 Å². The lowest BCUT2D eigenvalue weighted by atomic mass is 10.2. The number of carboxylic acid groups (broad SMARTS) is 1. The summed E-state index contributed by atoms with van der Waals surface area (Å²) >= 11 is 0. The Hall–Kier alpha value is -1.30. The molecule has 0 aliphatic carbocycles. The molecule has 6 heteroatoms. The van der Waals surface area contributed by atoms with Crippen LogP contribution in [0.2, 0.25) is 0 Å². The Bertz CT molecular complexity index is 309. The van der Waals surface area contributed by atoms with E-state index >= 15 is 0 Å². The molecular weight excluding hydrogens is 234 g/mol. The van der Waals surface area contributed by atoms with Crippen LogP contribution in [0, 0.1) is 0 Å². The van der Waals surface area contributed by atoms with E-state index in [1.54, 1.807) is 11.8 Å². The highest BCUT2D eigenvalue weighted by Crippen LogP contribution is 2.09. The van der Waals surface area contributed by atoms with Crippen LogP contribution in [0.25, 0.3) is 0 Å². The Morgan fingerprint density at radius 2 is 2.11 bits per heavy atom. The van der Waals surface area contributed by atoms with Gasteiger partial charge >= 0.3 is 12.0 Å². The number of aliphatic carboxylic acids is 1. The molecule has 1 rings (SSSR count). The topological polar surface area (TPSA) is 72.9 Å². The van der Waals surface area contributed by atoms with Gasteiger partial charge in [0.2, 0.25) is 0 Å². The van der Waals surface area contributed by atoms with Crippen LogP contribution in [-0.2, 0) is 4.79 Å². The first-order valence-electron chi connectivity index (χ1n) is 6.45. The summed E-state index contributed by atoms with van der Waals surface area (Å²) in [6.07, 6.45) is -0.0454. The third kappa shape index (κ3) is 4.18. The number of urea groups is 1. The Balaban J connectivity index is 2.41. The third-order valence-corrected chi connectivity index (χ3v) is 3.31. The second-order valence-electron chi connectivity index (χ2n) is 4.87. The average molecular weight is 257 g/mol. The fourth-order valence-electron chi connectivity index (χ4n) is 2.26. The van der Waals surface area contributed by atoms with Gasteiger partial charge in [0.25, 0.3) is 0 Å². The maximum Gasteiger partial charge on any atom is 0.317 e. The molecule has 18 heavy (non-hydrogen) atoms. The predicted molar refractivity (Wildman–Crippen MR) is 68.5 cm³/mol. The van der Waals surface area contributed by atoms with Crippen LogP contribution in [0.4, 0.5) is 4.79 Å². The number of likely N-dealkylation sites (N-methyl/N-ethyl adjacent to an activating group) is 1. The lowest BCUT2D eigenvalue weighted by molar-refractivity contribution is -0.137. The van der Waals surface area contributed by atoms with Gasteiger partial charge in [-0.15, -0.1) is 0 Å². The molecule has 2 amide bonds. The van der Waals surface area contributed by atoms with Crippen LogP contribution in [0.3, 0.4) is 0 Å². The van der Waals surface area contributed by atoms with Gasteiger partial charge in [-0.25, -0.2) is 4.79 Å². The van der Waals surface area contributed by atoms with Crippen molar-refractivity contribution in [1.29, 1.82) is 0 Å². The fourth-order valence-corrected chi connectivity index (χ4v) is 2.26. The minimum atomic E-state index is -0.896. The molecule has 1 fully saturated rings. The fraction of sp³-hybridized carbons (Fsp3) is 0.833. The summed E-state index contributed by atoms with van der Waals surface area (Å²) in [5.41, 5.74) is 0. The number of rotatable bonds is 4. The number of amides is 2. The van der Waals surface area contributed by atoms with Crippen LogP contribution >= 0.6 is 0 Å². The van der Waals surface area contributed by atoms with Gasteiger partial charge in [-0.3, -0.25) is 9.69 Å². The van der Waals surface area contributed by atoms with Crippen molar-refractivity contribution in [3.05, 3.63) is 0 Å². The number of hydrogen-bond acceptors (Lipinski definition) is 3. The number of nitrogens with one attached hydrogen (secondary N) is 1. The van der Waals surface area contributed by atoms with E-state index in [0.717, 1.165) is 13.1 Å². The predicted octanol–water partition coefficient (Wildman–Crippen LogP) is 0.585. The first-order chi connectivity index (χ1) is 8.43. The molecule has 2 atom stereocenters. The Morgan fingerprint density at radius 3 is 2.61 bits per heavy atom. The first-order valence-corrected chi connectivity index (χ1v) is 6.45. The van der Waals surface area contributed by atoms with E-state index in [1.165, 1.54) is 0 Å². The van der Waals surface area contributed by atoms with Crippen molar-refractivity contribution in [3.8, 4) is 0 Å². The second kappa shape index (κ2) is 6.58. The van der Waals surface area contributed by atoms with Gasteiger partial charge in [0.15, 0.2) is 0 Å². The summed E-state index contributed by atoms with van der Waals surface area (Å²) in [5, 5.41) is 11.4. The van der Waals surface area contributed by atoms with Crippen molar-refractivity contribution in [1.82, 2.24) is 15.1 Å². The lowest BCUT2D eigenvalue weighted by Crippen LogP contribution is -2.56. The van der Waals surface area contributed by atoms with Crippen molar-refractivity contribution in [2.24, 2.45) is 0 Å². The van der Waals surface area contributed by atoms with E-state index in [4.69, 9.17) is 5.11 Å². The highest BCUT2D eigenvalue weighted by molar-refractivity contribution is 5.76. The quantitative estimate of drug-likeness (QED) is 0.773. The van der Waals surface area contributed by atoms with Gasteiger partial charge < -0.3 is 15.3 Å². The van der Waals surface area contributed by atoms with Crippen molar-refractivity contribution < 1.29 is 14.7 Å². The Kier molecular flexibility index (Phi) is 5.40. The summed E-state index contributed by atoms with van der Waals surface area (Å²) in [5.74, 6) is -0.896. The van der Waals surface area contributed by atoms with Gasteiger partial charge in [-0.2, -0.15) is 0 Å². The first kappa shape index (κ1) is 14.8. The van der Waals surface area contributed by atoms with E-state index in [0.29, 0.717) is 19.1 Å². The van der Waals surface area contributed by atoms with E-state index in [1.807, 2.05) is 0 Å².